The number of ketones is 1. The molecule has 0 heterocycles. The van der Waals surface area contributed by atoms with Gasteiger partial charge in [0, 0.05) is 14.0 Å². The third kappa shape index (κ3) is 2.93. The van der Waals surface area contributed by atoms with Gasteiger partial charge >= 0.3 is 0 Å². The molecular formula is C8H14BrNO2. The molecule has 12 heavy (non-hydrogen) atoms. The monoisotopic (exact) mass is 235 g/mol. The van der Waals surface area contributed by atoms with E-state index in [1.54, 1.807) is 7.05 Å². The van der Waals surface area contributed by atoms with Crippen molar-refractivity contribution in [2.45, 2.75) is 26.3 Å². The fourth-order valence-corrected chi connectivity index (χ4v) is 1.40. The van der Waals surface area contributed by atoms with Crippen molar-refractivity contribution in [3.05, 3.63) is 0 Å². The Morgan fingerprint density at radius 1 is 1.50 bits per heavy atom. The van der Waals surface area contributed by atoms with Crippen LogP contribution in [0.25, 0.3) is 0 Å². The lowest BCUT2D eigenvalue weighted by Gasteiger charge is -2.23. The molecular weight excluding hydrogens is 222 g/mol. The molecule has 0 aliphatic heterocycles. The van der Waals surface area contributed by atoms with Gasteiger partial charge in [-0.25, -0.2) is 0 Å². The van der Waals surface area contributed by atoms with Crippen LogP contribution in [0.2, 0.25) is 0 Å². The first-order chi connectivity index (χ1) is 5.54. The van der Waals surface area contributed by atoms with Crippen molar-refractivity contribution in [1.82, 2.24) is 4.90 Å². The molecule has 0 aliphatic rings. The van der Waals surface area contributed by atoms with E-state index in [0.29, 0.717) is 11.8 Å². The van der Waals surface area contributed by atoms with E-state index in [9.17, 15) is 9.59 Å². The van der Waals surface area contributed by atoms with Crippen LogP contribution in [-0.4, -0.2) is 35.0 Å². The molecule has 0 N–H and O–H groups in total. The first kappa shape index (κ1) is 11.6. The Hall–Kier alpha value is -0.380. The van der Waals surface area contributed by atoms with Crippen molar-refractivity contribution in [2.24, 2.45) is 0 Å². The van der Waals surface area contributed by atoms with Crippen molar-refractivity contribution in [3.63, 3.8) is 0 Å². The van der Waals surface area contributed by atoms with Gasteiger partial charge in [0.15, 0.2) is 5.78 Å². The quantitative estimate of drug-likeness (QED) is 0.688. The first-order valence-corrected chi connectivity index (χ1v) is 4.98. The Kier molecular flexibility index (Phi) is 5.13. The summed E-state index contributed by atoms with van der Waals surface area (Å²) in [7, 11) is 1.65. The molecule has 0 saturated heterocycles. The molecule has 3 nitrogen and oxygen atoms in total. The third-order valence-corrected chi connectivity index (χ3v) is 2.41. The molecule has 0 rings (SSSR count). The SMILES string of the molecule is CCC(C(=O)CBr)N(C)C(C)=O. The first-order valence-electron chi connectivity index (χ1n) is 3.86. The number of hydrogen-bond acceptors (Lipinski definition) is 2. The number of carbonyl (C=O) groups is 2. The van der Waals surface area contributed by atoms with E-state index in [1.165, 1.54) is 11.8 Å². The van der Waals surface area contributed by atoms with E-state index in [1.807, 2.05) is 6.92 Å². The fraction of sp³-hybridized carbons (Fsp3) is 0.750. The van der Waals surface area contributed by atoms with Gasteiger partial charge in [-0.1, -0.05) is 22.9 Å². The Balaban J connectivity index is 4.33. The summed E-state index contributed by atoms with van der Waals surface area (Å²) in [5.74, 6) is -0.0219. The lowest BCUT2D eigenvalue weighted by Crippen LogP contribution is -2.41. The number of rotatable bonds is 4. The topological polar surface area (TPSA) is 37.4 Å². The summed E-state index contributed by atoms with van der Waals surface area (Å²) in [5, 5.41) is 0.309. The summed E-state index contributed by atoms with van der Waals surface area (Å²) in [6, 6.07) is -0.276. The van der Waals surface area contributed by atoms with Crippen LogP contribution in [0.1, 0.15) is 20.3 Å². The minimum absolute atomic E-state index is 0.0511. The van der Waals surface area contributed by atoms with Gasteiger partial charge in [-0.05, 0) is 6.42 Å². The van der Waals surface area contributed by atoms with Gasteiger partial charge in [-0.15, -0.1) is 0 Å². The molecule has 0 saturated carbocycles. The van der Waals surface area contributed by atoms with E-state index in [-0.39, 0.29) is 17.7 Å². The summed E-state index contributed by atoms with van der Waals surface area (Å²) in [6.07, 6.45) is 0.667. The van der Waals surface area contributed by atoms with Gasteiger partial charge in [-0.3, -0.25) is 9.59 Å². The Morgan fingerprint density at radius 2 is 2.00 bits per heavy atom. The number of halogens is 1. The number of alkyl halides is 1. The van der Waals surface area contributed by atoms with Gasteiger partial charge in [0.1, 0.15) is 0 Å². The van der Waals surface area contributed by atoms with Crippen LogP contribution >= 0.6 is 15.9 Å². The highest BCUT2D eigenvalue weighted by atomic mass is 79.9. The molecule has 0 aromatic heterocycles. The second-order valence-corrected chi connectivity index (χ2v) is 3.21. The number of Topliss-reactive ketones (excluding diaryl/α,β-unsaturated/α-hetero) is 1. The second-order valence-electron chi connectivity index (χ2n) is 2.65. The zero-order valence-corrected chi connectivity index (χ0v) is 9.22. The van der Waals surface area contributed by atoms with Crippen molar-refractivity contribution in [1.29, 1.82) is 0 Å². The lowest BCUT2D eigenvalue weighted by molar-refractivity contribution is -0.135. The molecule has 1 unspecified atom stereocenters. The van der Waals surface area contributed by atoms with E-state index in [2.05, 4.69) is 15.9 Å². The summed E-state index contributed by atoms with van der Waals surface area (Å²) in [6.45, 7) is 3.36. The Bertz CT molecular complexity index is 182. The minimum Gasteiger partial charge on any atom is -0.336 e. The molecule has 0 aromatic rings. The van der Waals surface area contributed by atoms with Crippen LogP contribution < -0.4 is 0 Å². The van der Waals surface area contributed by atoms with Gasteiger partial charge < -0.3 is 4.90 Å². The number of amides is 1. The van der Waals surface area contributed by atoms with Crippen molar-refractivity contribution >= 4 is 27.6 Å². The lowest BCUT2D eigenvalue weighted by atomic mass is 10.1. The molecule has 0 spiro atoms. The molecule has 0 aliphatic carbocycles. The van der Waals surface area contributed by atoms with Crippen LogP contribution in [0.4, 0.5) is 0 Å². The fourth-order valence-electron chi connectivity index (χ4n) is 1.03. The van der Waals surface area contributed by atoms with E-state index in [0.717, 1.165) is 0 Å². The maximum Gasteiger partial charge on any atom is 0.219 e. The van der Waals surface area contributed by atoms with E-state index in [4.69, 9.17) is 0 Å². The highest BCUT2D eigenvalue weighted by molar-refractivity contribution is 9.09. The summed E-state index contributed by atoms with van der Waals surface area (Å²) in [5.41, 5.74) is 0. The van der Waals surface area contributed by atoms with Crippen molar-refractivity contribution in [3.8, 4) is 0 Å². The molecule has 70 valence electrons. The minimum atomic E-state index is -0.276. The summed E-state index contributed by atoms with van der Waals surface area (Å²) < 4.78 is 0. The average molecular weight is 236 g/mol. The predicted octanol–water partition coefficient (Wildman–Crippen LogP) is 1.21. The number of hydrogen-bond donors (Lipinski definition) is 0. The predicted molar refractivity (Wildman–Crippen MR) is 51.3 cm³/mol. The standard InChI is InChI=1S/C8H14BrNO2/c1-4-7(8(12)5-9)10(3)6(2)11/h7H,4-5H2,1-3H3. The highest BCUT2D eigenvalue weighted by Gasteiger charge is 2.21. The van der Waals surface area contributed by atoms with Crippen LogP contribution in [-0.2, 0) is 9.59 Å². The van der Waals surface area contributed by atoms with Gasteiger partial charge in [-0.2, -0.15) is 0 Å². The van der Waals surface area contributed by atoms with Crippen molar-refractivity contribution in [2.75, 3.05) is 12.4 Å². The summed E-state index contributed by atoms with van der Waals surface area (Å²) >= 11 is 3.09. The molecule has 0 aromatic carbocycles. The second kappa shape index (κ2) is 5.30. The molecule has 1 atom stereocenters. The highest BCUT2D eigenvalue weighted by Crippen LogP contribution is 2.05. The molecule has 0 radical (unpaired) electrons. The van der Waals surface area contributed by atoms with Gasteiger partial charge in [0.25, 0.3) is 0 Å². The normalized spacial score (nSPS) is 12.3. The number of likely N-dealkylation sites (N-methyl/N-ethyl adjacent to an activating group) is 1. The van der Waals surface area contributed by atoms with Crippen LogP contribution in [0.3, 0.4) is 0 Å². The van der Waals surface area contributed by atoms with Crippen LogP contribution in [0.15, 0.2) is 0 Å². The van der Waals surface area contributed by atoms with Crippen LogP contribution in [0, 0.1) is 0 Å². The largest absolute Gasteiger partial charge is 0.336 e. The number of nitrogens with zero attached hydrogens (tertiary/aromatic N) is 1. The zero-order valence-electron chi connectivity index (χ0n) is 7.63. The molecule has 1 amide bonds. The van der Waals surface area contributed by atoms with Gasteiger partial charge in [0.2, 0.25) is 5.91 Å². The van der Waals surface area contributed by atoms with Crippen LogP contribution in [0.5, 0.6) is 0 Å². The van der Waals surface area contributed by atoms with Gasteiger partial charge in [0.05, 0.1) is 11.4 Å². The third-order valence-electron chi connectivity index (χ3n) is 1.85. The molecule has 4 heteroatoms. The maximum atomic E-state index is 11.2. The molecule has 0 bridgehead atoms. The van der Waals surface area contributed by atoms with E-state index >= 15 is 0 Å². The Morgan fingerprint density at radius 3 is 2.25 bits per heavy atom. The number of carbonyl (C=O) groups excluding carboxylic acids is 2. The average Bonchev–Trinajstić information content (AvgIpc) is 2.05. The zero-order chi connectivity index (χ0) is 9.72. The smallest absolute Gasteiger partial charge is 0.219 e. The summed E-state index contributed by atoms with van der Waals surface area (Å²) in [4.78, 5) is 23.6. The Labute approximate surface area is 81.2 Å². The molecule has 0 fully saturated rings. The maximum absolute atomic E-state index is 11.2. The van der Waals surface area contributed by atoms with E-state index < -0.39 is 0 Å². The van der Waals surface area contributed by atoms with Crippen molar-refractivity contribution < 1.29 is 9.59 Å².